The highest BCUT2D eigenvalue weighted by Gasteiger charge is 2.38. The van der Waals surface area contributed by atoms with Crippen molar-refractivity contribution < 1.29 is 4.74 Å². The van der Waals surface area contributed by atoms with Crippen molar-refractivity contribution in [2.75, 3.05) is 20.2 Å². The molecule has 0 fully saturated rings. The molecule has 1 unspecified atom stereocenters. The Hall–Kier alpha value is -2.78. The topological polar surface area (TPSA) is 33.6 Å². The number of amidine groups is 1. The van der Waals surface area contributed by atoms with Crippen LogP contribution < -0.4 is 10.1 Å². The van der Waals surface area contributed by atoms with Crippen molar-refractivity contribution in [3.05, 3.63) is 101 Å². The van der Waals surface area contributed by atoms with Gasteiger partial charge < -0.3 is 10.1 Å². The quantitative estimate of drug-likeness (QED) is 0.575. The second kappa shape index (κ2) is 8.71. The monoisotopic (exact) mass is 404 g/mol. The van der Waals surface area contributed by atoms with Gasteiger partial charge in [0, 0.05) is 13.1 Å². The molecule has 1 atom stereocenters. The van der Waals surface area contributed by atoms with Crippen molar-refractivity contribution in [2.45, 2.75) is 17.7 Å². The van der Waals surface area contributed by atoms with Gasteiger partial charge in [-0.05, 0) is 47.2 Å². The van der Waals surface area contributed by atoms with E-state index in [1.807, 2.05) is 30.3 Å². The summed E-state index contributed by atoms with van der Waals surface area (Å²) < 4.78 is 5.26. The van der Waals surface area contributed by atoms with Gasteiger partial charge >= 0.3 is 0 Å². The maximum Gasteiger partial charge on any atom is 0.151 e. The predicted octanol–water partition coefficient (Wildman–Crippen LogP) is 5.16. The maximum atomic E-state index is 7.37. The number of hydrogen-bond acceptors (Lipinski definition) is 3. The lowest BCUT2D eigenvalue weighted by Gasteiger charge is -2.32. The molecular weight excluding hydrogens is 380 g/mol. The summed E-state index contributed by atoms with van der Waals surface area (Å²) in [6.07, 6.45) is 1.86. The fraction of sp³-hybridized carbons (Fsp3) is 0.240. The maximum absolute atomic E-state index is 7.37. The lowest BCUT2D eigenvalue weighted by molar-refractivity contribution is 0.414. The minimum absolute atomic E-state index is 0.801. The molecule has 1 aliphatic heterocycles. The second-order valence-electron chi connectivity index (χ2n) is 7.26. The van der Waals surface area contributed by atoms with Gasteiger partial charge in [0.1, 0.15) is 11.6 Å². The molecular formula is C25H25ClN2O. The van der Waals surface area contributed by atoms with Crippen LogP contribution in [0.4, 0.5) is 0 Å². The van der Waals surface area contributed by atoms with Crippen molar-refractivity contribution in [1.29, 1.82) is 0 Å². The number of alkyl halides is 1. The number of hydrogen-bond donors (Lipinski definition) is 1. The van der Waals surface area contributed by atoms with Crippen molar-refractivity contribution in [3.63, 3.8) is 0 Å². The van der Waals surface area contributed by atoms with Crippen LogP contribution in [0.1, 0.15) is 28.7 Å². The Bertz CT molecular complexity index is 985. The molecule has 0 aliphatic carbocycles. The number of aliphatic imine (C=N–C) groups is 1. The Kier molecular flexibility index (Phi) is 5.86. The van der Waals surface area contributed by atoms with E-state index in [1.165, 1.54) is 11.1 Å². The summed E-state index contributed by atoms with van der Waals surface area (Å²) in [5.74, 6) is 1.70. The van der Waals surface area contributed by atoms with Gasteiger partial charge in [-0.3, -0.25) is 4.99 Å². The van der Waals surface area contributed by atoms with Crippen LogP contribution in [-0.2, 0) is 11.3 Å². The molecule has 1 heterocycles. The van der Waals surface area contributed by atoms with Crippen LogP contribution >= 0.6 is 11.6 Å². The lowest BCUT2D eigenvalue weighted by Crippen LogP contribution is -2.44. The summed E-state index contributed by atoms with van der Waals surface area (Å²) in [6, 6.07) is 26.9. The standard InChI is InChI=1S/C25H25ClN2O/c1-29-23-13-11-19(12-14-23)17-20-7-5-10-22(18-20)25(26,21-8-3-2-4-9-21)24-27-15-6-16-28-24/h2-5,7-14,18H,6,15-17H2,1H3,(H,27,28). The number of benzene rings is 3. The SMILES string of the molecule is COc1ccc(Cc2cccc(C(Cl)(C3=NCCCN3)c3ccccc3)c2)cc1. The first-order chi connectivity index (χ1) is 14.2. The van der Waals surface area contributed by atoms with Crippen molar-refractivity contribution in [3.8, 4) is 5.75 Å². The highest BCUT2D eigenvalue weighted by Crippen LogP contribution is 2.38. The molecule has 3 aromatic carbocycles. The molecule has 0 radical (unpaired) electrons. The Balaban J connectivity index is 1.71. The van der Waals surface area contributed by atoms with E-state index in [-0.39, 0.29) is 0 Å². The van der Waals surface area contributed by atoms with E-state index >= 15 is 0 Å². The smallest absolute Gasteiger partial charge is 0.151 e. The number of ether oxygens (including phenoxy) is 1. The lowest BCUT2D eigenvalue weighted by atomic mass is 9.87. The average molecular weight is 405 g/mol. The molecule has 3 aromatic rings. The number of methoxy groups -OCH3 is 1. The summed E-state index contributed by atoms with van der Waals surface area (Å²) in [4.78, 5) is 3.92. The van der Waals surface area contributed by atoms with Gasteiger partial charge in [-0.2, -0.15) is 0 Å². The van der Waals surface area contributed by atoms with Crippen molar-refractivity contribution in [1.82, 2.24) is 5.32 Å². The normalized spacial score (nSPS) is 15.7. The van der Waals surface area contributed by atoms with E-state index in [0.29, 0.717) is 0 Å². The molecule has 0 saturated heterocycles. The summed E-state index contributed by atoms with van der Waals surface area (Å²) in [7, 11) is 1.68. The summed E-state index contributed by atoms with van der Waals surface area (Å²) >= 11 is 7.37. The molecule has 4 rings (SSSR count). The van der Waals surface area contributed by atoms with Crippen LogP contribution in [0.25, 0.3) is 0 Å². The van der Waals surface area contributed by atoms with Gasteiger partial charge in [-0.15, -0.1) is 11.6 Å². The summed E-state index contributed by atoms with van der Waals surface area (Å²) in [6.45, 7) is 1.70. The highest BCUT2D eigenvalue weighted by atomic mass is 35.5. The molecule has 1 aliphatic rings. The zero-order valence-electron chi connectivity index (χ0n) is 16.6. The first kappa shape index (κ1) is 19.5. The van der Waals surface area contributed by atoms with Crippen LogP contribution in [-0.4, -0.2) is 26.0 Å². The second-order valence-corrected chi connectivity index (χ2v) is 7.83. The fourth-order valence-corrected chi connectivity index (χ4v) is 4.12. The van der Waals surface area contributed by atoms with Crippen LogP contribution in [0, 0.1) is 0 Å². The number of nitrogens with one attached hydrogen (secondary N) is 1. The third-order valence-corrected chi connectivity index (χ3v) is 5.90. The molecule has 0 aromatic heterocycles. The molecule has 4 heteroatoms. The molecule has 1 N–H and O–H groups in total. The van der Waals surface area contributed by atoms with E-state index in [1.54, 1.807) is 7.11 Å². The highest BCUT2D eigenvalue weighted by molar-refractivity contribution is 6.38. The Morgan fingerprint density at radius 1 is 0.931 bits per heavy atom. The zero-order valence-corrected chi connectivity index (χ0v) is 17.3. The van der Waals surface area contributed by atoms with Crippen molar-refractivity contribution >= 4 is 17.4 Å². The van der Waals surface area contributed by atoms with E-state index < -0.39 is 4.87 Å². The van der Waals surface area contributed by atoms with Gasteiger partial charge in [0.2, 0.25) is 0 Å². The largest absolute Gasteiger partial charge is 0.497 e. The van der Waals surface area contributed by atoms with Crippen LogP contribution in [0.2, 0.25) is 0 Å². The average Bonchev–Trinajstić information content (AvgIpc) is 2.80. The van der Waals surface area contributed by atoms with Crippen LogP contribution in [0.15, 0.2) is 83.9 Å². The number of halogens is 1. The van der Waals surface area contributed by atoms with Gasteiger partial charge in [0.25, 0.3) is 0 Å². The minimum Gasteiger partial charge on any atom is -0.497 e. The van der Waals surface area contributed by atoms with Crippen LogP contribution in [0.3, 0.4) is 0 Å². The molecule has 148 valence electrons. The molecule has 3 nitrogen and oxygen atoms in total. The van der Waals surface area contributed by atoms with E-state index in [4.69, 9.17) is 21.3 Å². The van der Waals surface area contributed by atoms with E-state index in [9.17, 15) is 0 Å². The zero-order chi connectivity index (χ0) is 20.1. The first-order valence-corrected chi connectivity index (χ1v) is 10.3. The summed E-state index contributed by atoms with van der Waals surface area (Å²) in [5.41, 5.74) is 4.50. The van der Waals surface area contributed by atoms with Gasteiger partial charge in [-0.1, -0.05) is 66.7 Å². The third kappa shape index (κ3) is 4.15. The molecule has 0 spiro atoms. The Morgan fingerprint density at radius 3 is 2.38 bits per heavy atom. The molecule has 0 bridgehead atoms. The molecule has 29 heavy (non-hydrogen) atoms. The number of rotatable bonds is 6. The molecule has 0 saturated carbocycles. The fourth-order valence-electron chi connectivity index (χ4n) is 3.75. The van der Waals surface area contributed by atoms with E-state index in [2.05, 4.69) is 53.8 Å². The van der Waals surface area contributed by atoms with Gasteiger partial charge in [0.15, 0.2) is 4.87 Å². The first-order valence-electron chi connectivity index (χ1n) is 9.96. The van der Waals surface area contributed by atoms with Crippen molar-refractivity contribution in [2.24, 2.45) is 4.99 Å². The van der Waals surface area contributed by atoms with E-state index in [0.717, 1.165) is 48.6 Å². The van der Waals surface area contributed by atoms with Gasteiger partial charge in [-0.25, -0.2) is 0 Å². The third-order valence-electron chi connectivity index (χ3n) is 5.29. The number of nitrogens with zero attached hydrogens (tertiary/aromatic N) is 1. The molecule has 0 amide bonds. The minimum atomic E-state index is -0.822. The summed E-state index contributed by atoms with van der Waals surface area (Å²) in [5, 5.41) is 3.44. The van der Waals surface area contributed by atoms with Crippen LogP contribution in [0.5, 0.6) is 5.75 Å². The predicted molar refractivity (Wildman–Crippen MR) is 120 cm³/mol. The Labute approximate surface area is 177 Å². The Morgan fingerprint density at radius 2 is 1.69 bits per heavy atom. The van der Waals surface area contributed by atoms with Gasteiger partial charge in [0.05, 0.1) is 7.11 Å².